The van der Waals surface area contributed by atoms with Gasteiger partial charge in [-0.25, -0.2) is 0 Å². The van der Waals surface area contributed by atoms with Crippen LogP contribution >= 0.6 is 0 Å². The van der Waals surface area contributed by atoms with Gasteiger partial charge in [0.15, 0.2) is 0 Å². The molecule has 0 aliphatic carbocycles. The Hall–Kier alpha value is -0.660. The molecule has 0 saturated carbocycles. The van der Waals surface area contributed by atoms with Crippen LogP contribution in [-0.4, -0.2) is 11.6 Å². The van der Waals surface area contributed by atoms with E-state index in [-0.39, 0.29) is 11.2 Å². The first-order valence-electron chi connectivity index (χ1n) is 6.82. The molecule has 0 aliphatic rings. The zero-order valence-electron chi connectivity index (χ0n) is 12.0. The minimum Gasteiger partial charge on any atom is -0.300 e. The fraction of sp³-hybridized carbons (Fsp3) is 0.867. The second-order valence-electron chi connectivity index (χ2n) is 6.25. The van der Waals surface area contributed by atoms with Gasteiger partial charge in [-0.3, -0.25) is 4.79 Å². The molecule has 2 heteroatoms. The number of hydrogen-bond acceptors (Lipinski definition) is 2. The Morgan fingerprint density at radius 2 is 1.29 bits per heavy atom. The van der Waals surface area contributed by atoms with Crippen molar-refractivity contribution in [3.8, 4) is 0 Å². The van der Waals surface area contributed by atoms with E-state index >= 15 is 0 Å². The monoisotopic (exact) mass is 240 g/mol. The van der Waals surface area contributed by atoms with Crippen LogP contribution in [0.2, 0.25) is 0 Å². The van der Waals surface area contributed by atoms with Crippen molar-refractivity contribution in [3.63, 3.8) is 0 Å². The molecular weight excluding hydrogens is 212 g/mol. The van der Waals surface area contributed by atoms with Crippen molar-refractivity contribution in [3.05, 3.63) is 0 Å². The van der Waals surface area contributed by atoms with E-state index in [1.807, 2.05) is 0 Å². The Labute approximate surface area is 106 Å². The maximum Gasteiger partial charge on any atom is 0.133 e. The largest absolute Gasteiger partial charge is 0.300 e. The van der Waals surface area contributed by atoms with Crippen molar-refractivity contribution in [1.82, 2.24) is 0 Å². The third kappa shape index (κ3) is 13.3. The van der Waals surface area contributed by atoms with Crippen molar-refractivity contribution in [2.45, 2.75) is 79.1 Å². The van der Waals surface area contributed by atoms with Crippen LogP contribution in [-0.2, 0) is 9.59 Å². The van der Waals surface area contributed by atoms with Gasteiger partial charge < -0.3 is 4.79 Å². The summed E-state index contributed by atoms with van der Waals surface area (Å²) in [6, 6.07) is 0. The predicted molar refractivity (Wildman–Crippen MR) is 72.1 cm³/mol. The van der Waals surface area contributed by atoms with Crippen molar-refractivity contribution >= 4 is 11.6 Å². The van der Waals surface area contributed by atoms with Crippen LogP contribution < -0.4 is 0 Å². The lowest BCUT2D eigenvalue weighted by Gasteiger charge is -2.16. The fourth-order valence-corrected chi connectivity index (χ4v) is 1.91. The summed E-state index contributed by atoms with van der Waals surface area (Å²) in [6.45, 7) is 7.96. The summed E-state index contributed by atoms with van der Waals surface area (Å²) < 4.78 is 0. The molecule has 0 aromatic carbocycles. The molecule has 2 nitrogen and oxygen atoms in total. The minimum absolute atomic E-state index is 0.124. The summed E-state index contributed by atoms with van der Waals surface area (Å²) in [6.07, 6.45) is 7.53. The van der Waals surface area contributed by atoms with Gasteiger partial charge in [0, 0.05) is 19.3 Å². The van der Waals surface area contributed by atoms with Gasteiger partial charge in [-0.05, 0) is 25.2 Å². The molecule has 0 aliphatic heterocycles. The van der Waals surface area contributed by atoms with E-state index in [9.17, 15) is 9.59 Å². The molecule has 0 saturated heterocycles. The predicted octanol–water partition coefficient (Wildman–Crippen LogP) is 4.31. The maximum absolute atomic E-state index is 11.6. The first kappa shape index (κ1) is 16.3. The molecule has 0 atom stereocenters. The van der Waals surface area contributed by atoms with Gasteiger partial charge in [0.05, 0.1) is 0 Å². The van der Waals surface area contributed by atoms with Crippen LogP contribution in [0.5, 0.6) is 0 Å². The van der Waals surface area contributed by atoms with Crippen molar-refractivity contribution in [2.24, 2.45) is 5.41 Å². The summed E-state index contributed by atoms with van der Waals surface area (Å²) in [5.74, 6) is 0.673. The summed E-state index contributed by atoms with van der Waals surface area (Å²) >= 11 is 0. The van der Waals surface area contributed by atoms with E-state index in [0.29, 0.717) is 18.6 Å². The number of unbranched alkanes of at least 4 members (excludes halogenated alkanes) is 4. The highest BCUT2D eigenvalue weighted by Gasteiger charge is 2.15. The molecule has 100 valence electrons. The molecule has 0 heterocycles. The van der Waals surface area contributed by atoms with E-state index in [0.717, 1.165) is 38.5 Å². The van der Waals surface area contributed by atoms with Crippen LogP contribution in [0.3, 0.4) is 0 Å². The molecule has 0 amide bonds. The van der Waals surface area contributed by atoms with Crippen LogP contribution in [0.1, 0.15) is 79.1 Å². The summed E-state index contributed by atoms with van der Waals surface area (Å²) in [5, 5.41) is 0. The molecule has 0 N–H and O–H groups in total. The van der Waals surface area contributed by atoms with E-state index in [4.69, 9.17) is 0 Å². The van der Waals surface area contributed by atoms with E-state index in [2.05, 4.69) is 20.8 Å². The fourth-order valence-electron chi connectivity index (χ4n) is 1.91. The van der Waals surface area contributed by atoms with Crippen molar-refractivity contribution in [1.29, 1.82) is 0 Å². The average molecular weight is 240 g/mol. The number of Topliss-reactive ketones (excluding diaryl/α,β-unsaturated/α-hetero) is 2. The highest BCUT2D eigenvalue weighted by molar-refractivity contribution is 5.78. The Morgan fingerprint density at radius 3 is 1.76 bits per heavy atom. The second kappa shape index (κ2) is 8.43. The number of rotatable bonds is 9. The highest BCUT2D eigenvalue weighted by atomic mass is 16.1. The molecule has 0 bridgehead atoms. The molecular formula is C15H28O2. The zero-order chi connectivity index (χ0) is 13.3. The van der Waals surface area contributed by atoms with Crippen LogP contribution in [0.4, 0.5) is 0 Å². The van der Waals surface area contributed by atoms with Gasteiger partial charge in [-0.15, -0.1) is 0 Å². The SMILES string of the molecule is CC(=O)CCCCCCCC(=O)CC(C)(C)C. The normalized spacial score (nSPS) is 11.5. The topological polar surface area (TPSA) is 34.1 Å². The Bertz CT molecular complexity index is 236. The number of hydrogen-bond donors (Lipinski definition) is 0. The first-order valence-corrected chi connectivity index (χ1v) is 6.82. The molecule has 0 aromatic heterocycles. The molecule has 0 rings (SSSR count). The summed E-state index contributed by atoms with van der Waals surface area (Å²) in [4.78, 5) is 22.3. The lowest BCUT2D eigenvalue weighted by molar-refractivity contribution is -0.121. The summed E-state index contributed by atoms with van der Waals surface area (Å²) in [5.41, 5.74) is 0.124. The molecule has 0 radical (unpaired) electrons. The van der Waals surface area contributed by atoms with Gasteiger partial charge in [-0.1, -0.05) is 40.0 Å². The number of carbonyl (C=O) groups is 2. The number of ketones is 2. The van der Waals surface area contributed by atoms with E-state index in [1.54, 1.807) is 6.92 Å². The molecule has 0 fully saturated rings. The second-order valence-corrected chi connectivity index (χ2v) is 6.25. The van der Waals surface area contributed by atoms with E-state index in [1.165, 1.54) is 0 Å². The highest BCUT2D eigenvalue weighted by Crippen LogP contribution is 2.20. The van der Waals surface area contributed by atoms with Crippen molar-refractivity contribution < 1.29 is 9.59 Å². The third-order valence-corrected chi connectivity index (χ3v) is 2.71. The van der Waals surface area contributed by atoms with Crippen molar-refractivity contribution in [2.75, 3.05) is 0 Å². The van der Waals surface area contributed by atoms with Gasteiger partial charge in [0.2, 0.25) is 0 Å². The molecule has 17 heavy (non-hydrogen) atoms. The van der Waals surface area contributed by atoms with Gasteiger partial charge in [0.25, 0.3) is 0 Å². The molecule has 0 aromatic rings. The lowest BCUT2D eigenvalue weighted by atomic mass is 9.88. The maximum atomic E-state index is 11.6. The Kier molecular flexibility index (Phi) is 8.11. The zero-order valence-corrected chi connectivity index (χ0v) is 12.0. The smallest absolute Gasteiger partial charge is 0.133 e. The van der Waals surface area contributed by atoms with Crippen LogP contribution in [0.25, 0.3) is 0 Å². The van der Waals surface area contributed by atoms with E-state index < -0.39 is 0 Å². The third-order valence-electron chi connectivity index (χ3n) is 2.71. The minimum atomic E-state index is 0.124. The lowest BCUT2D eigenvalue weighted by Crippen LogP contribution is -2.12. The Morgan fingerprint density at radius 1 is 0.824 bits per heavy atom. The van der Waals surface area contributed by atoms with Gasteiger partial charge in [-0.2, -0.15) is 0 Å². The first-order chi connectivity index (χ1) is 7.81. The standard InChI is InChI=1S/C15H28O2/c1-13(16)10-8-6-5-7-9-11-14(17)12-15(2,3)4/h5-12H2,1-4H3. The van der Waals surface area contributed by atoms with Gasteiger partial charge >= 0.3 is 0 Å². The van der Waals surface area contributed by atoms with Crippen LogP contribution in [0, 0.1) is 5.41 Å². The molecule has 0 spiro atoms. The Balaban J connectivity index is 3.34. The average Bonchev–Trinajstić information content (AvgIpc) is 2.12. The van der Waals surface area contributed by atoms with Crippen LogP contribution in [0.15, 0.2) is 0 Å². The quantitative estimate of drug-likeness (QED) is 0.563. The number of carbonyl (C=O) groups excluding carboxylic acids is 2. The van der Waals surface area contributed by atoms with Gasteiger partial charge in [0.1, 0.15) is 11.6 Å². The summed E-state index contributed by atoms with van der Waals surface area (Å²) in [7, 11) is 0. The molecule has 0 unspecified atom stereocenters.